The fraction of sp³-hybridized carbons (Fsp3) is 0.556. The zero-order chi connectivity index (χ0) is 15.7. The summed E-state index contributed by atoms with van der Waals surface area (Å²) < 4.78 is 2.27. The van der Waals surface area contributed by atoms with E-state index in [1.165, 1.54) is 16.6 Å². The first-order valence-electron chi connectivity index (χ1n) is 8.10. The zero-order valence-corrected chi connectivity index (χ0v) is 13.9. The number of para-hydroxylation sites is 1. The predicted molar refractivity (Wildman–Crippen MR) is 90.9 cm³/mol. The minimum Gasteiger partial charge on any atom is -0.387 e. The Morgan fingerprint density at radius 3 is 2.77 bits per heavy atom. The van der Waals surface area contributed by atoms with E-state index in [0.717, 1.165) is 39.0 Å². The summed E-state index contributed by atoms with van der Waals surface area (Å²) in [6, 6.07) is 10.8. The van der Waals surface area contributed by atoms with Crippen molar-refractivity contribution < 1.29 is 5.11 Å². The molecule has 1 atom stereocenters. The monoisotopic (exact) mass is 301 g/mol. The Balaban J connectivity index is 1.75. The fourth-order valence-corrected chi connectivity index (χ4v) is 3.79. The lowest BCUT2D eigenvalue weighted by Gasteiger charge is -2.40. The molecule has 0 unspecified atom stereocenters. The van der Waals surface area contributed by atoms with E-state index in [4.69, 9.17) is 0 Å². The summed E-state index contributed by atoms with van der Waals surface area (Å²) in [5.41, 5.74) is 2.01. The van der Waals surface area contributed by atoms with Crippen molar-refractivity contribution in [3.8, 4) is 0 Å². The first-order valence-corrected chi connectivity index (χ1v) is 8.10. The van der Waals surface area contributed by atoms with Crippen LogP contribution < -0.4 is 0 Å². The molecule has 22 heavy (non-hydrogen) atoms. The Bertz CT molecular complexity index is 649. The van der Waals surface area contributed by atoms with E-state index < -0.39 is 5.60 Å². The molecule has 3 rings (SSSR count). The maximum atomic E-state index is 10.8. The van der Waals surface area contributed by atoms with Crippen molar-refractivity contribution >= 4 is 10.9 Å². The lowest BCUT2D eigenvalue weighted by molar-refractivity contribution is -0.0483. The van der Waals surface area contributed by atoms with E-state index in [9.17, 15) is 5.11 Å². The van der Waals surface area contributed by atoms with Crippen LogP contribution in [0.3, 0.4) is 0 Å². The Morgan fingerprint density at radius 2 is 2.05 bits per heavy atom. The third-order valence-electron chi connectivity index (χ3n) is 4.68. The van der Waals surface area contributed by atoms with Crippen molar-refractivity contribution in [2.75, 3.05) is 33.7 Å². The summed E-state index contributed by atoms with van der Waals surface area (Å²) >= 11 is 0. The summed E-state index contributed by atoms with van der Waals surface area (Å²) in [7, 11) is 6.19. The number of β-amino-alcohol motifs (C(OH)–C–C–N with tert-alkyl or cyclic N) is 1. The van der Waals surface area contributed by atoms with E-state index >= 15 is 0 Å². The minimum absolute atomic E-state index is 0.577. The van der Waals surface area contributed by atoms with Crippen molar-refractivity contribution in [1.82, 2.24) is 14.4 Å². The summed E-state index contributed by atoms with van der Waals surface area (Å²) in [5, 5.41) is 12.1. The number of rotatable bonds is 4. The highest BCUT2D eigenvalue weighted by Gasteiger charge is 2.33. The van der Waals surface area contributed by atoms with E-state index in [1.54, 1.807) is 0 Å². The van der Waals surface area contributed by atoms with Gasteiger partial charge in [-0.05, 0) is 51.0 Å². The molecule has 1 fully saturated rings. The topological polar surface area (TPSA) is 31.6 Å². The second kappa shape index (κ2) is 6.03. The molecule has 0 bridgehead atoms. The summed E-state index contributed by atoms with van der Waals surface area (Å²) in [6.45, 7) is 3.46. The van der Waals surface area contributed by atoms with Crippen molar-refractivity contribution in [2.45, 2.75) is 25.0 Å². The smallest absolute Gasteiger partial charge is 0.0900 e. The third kappa shape index (κ3) is 3.19. The number of benzene rings is 1. The second-order valence-corrected chi connectivity index (χ2v) is 7.03. The Kier molecular flexibility index (Phi) is 4.26. The van der Waals surface area contributed by atoms with Crippen LogP contribution in [0.1, 0.15) is 18.5 Å². The number of hydrogen-bond acceptors (Lipinski definition) is 3. The maximum absolute atomic E-state index is 10.8. The van der Waals surface area contributed by atoms with Crippen LogP contribution in [0, 0.1) is 0 Å². The lowest BCUT2D eigenvalue weighted by atomic mass is 9.92. The molecule has 0 spiro atoms. The van der Waals surface area contributed by atoms with Crippen molar-refractivity contribution in [1.29, 1.82) is 0 Å². The highest BCUT2D eigenvalue weighted by atomic mass is 16.3. The Hall–Kier alpha value is -1.36. The highest BCUT2D eigenvalue weighted by molar-refractivity contribution is 5.81. The third-order valence-corrected chi connectivity index (χ3v) is 4.68. The van der Waals surface area contributed by atoms with Gasteiger partial charge < -0.3 is 14.6 Å². The van der Waals surface area contributed by atoms with Gasteiger partial charge in [0.25, 0.3) is 0 Å². The molecule has 1 aliphatic rings. The molecule has 0 aliphatic carbocycles. The van der Waals surface area contributed by atoms with Crippen LogP contribution in [0.2, 0.25) is 0 Å². The number of hydrogen-bond donors (Lipinski definition) is 1. The molecule has 1 N–H and O–H groups in total. The molecular formula is C18H27N3O. The van der Waals surface area contributed by atoms with E-state index in [1.807, 2.05) is 14.1 Å². The number of aliphatic hydroxyl groups is 1. The van der Waals surface area contributed by atoms with E-state index in [2.05, 4.69) is 51.7 Å². The quantitative estimate of drug-likeness (QED) is 0.938. The number of aryl methyl sites for hydroxylation is 1. The Morgan fingerprint density at radius 1 is 1.27 bits per heavy atom. The van der Waals surface area contributed by atoms with Gasteiger partial charge in [-0.15, -0.1) is 0 Å². The number of likely N-dealkylation sites (tertiary alicyclic amines) is 1. The molecule has 1 aliphatic heterocycles. The molecule has 1 saturated heterocycles. The van der Waals surface area contributed by atoms with Crippen LogP contribution in [0.25, 0.3) is 10.9 Å². The van der Waals surface area contributed by atoms with Gasteiger partial charge in [0.05, 0.1) is 5.60 Å². The minimum atomic E-state index is -0.577. The molecule has 4 nitrogen and oxygen atoms in total. The van der Waals surface area contributed by atoms with Crippen LogP contribution in [0.4, 0.5) is 0 Å². The van der Waals surface area contributed by atoms with Gasteiger partial charge in [0.1, 0.15) is 0 Å². The molecule has 1 aromatic carbocycles. The zero-order valence-electron chi connectivity index (χ0n) is 13.9. The van der Waals surface area contributed by atoms with Gasteiger partial charge >= 0.3 is 0 Å². The maximum Gasteiger partial charge on any atom is 0.0900 e. The molecule has 1 aromatic heterocycles. The van der Waals surface area contributed by atoms with E-state index in [0.29, 0.717) is 0 Å². The summed E-state index contributed by atoms with van der Waals surface area (Å²) in [5.74, 6) is 0. The molecule has 0 saturated carbocycles. The number of aromatic nitrogens is 1. The van der Waals surface area contributed by atoms with Gasteiger partial charge in [0, 0.05) is 37.9 Å². The summed E-state index contributed by atoms with van der Waals surface area (Å²) in [4.78, 5) is 4.47. The van der Waals surface area contributed by atoms with Gasteiger partial charge in [0.2, 0.25) is 0 Å². The Labute approximate surface area is 132 Å². The molecule has 2 aromatic rings. The van der Waals surface area contributed by atoms with Crippen LogP contribution in [0.5, 0.6) is 0 Å². The van der Waals surface area contributed by atoms with Crippen LogP contribution >= 0.6 is 0 Å². The van der Waals surface area contributed by atoms with Crippen molar-refractivity contribution in [3.63, 3.8) is 0 Å². The SMILES string of the molecule is CN(C)C[C@@]1(O)CCCN(Cc2cc3ccccc3n2C)C1. The van der Waals surface area contributed by atoms with Gasteiger partial charge in [-0.3, -0.25) is 4.90 Å². The molecule has 120 valence electrons. The van der Waals surface area contributed by atoms with Crippen molar-refractivity contribution in [2.24, 2.45) is 7.05 Å². The molecule has 0 amide bonds. The number of likely N-dealkylation sites (N-methyl/N-ethyl adjacent to an activating group) is 1. The molecule has 0 radical (unpaired) electrons. The number of piperidine rings is 1. The molecular weight excluding hydrogens is 274 g/mol. The highest BCUT2D eigenvalue weighted by Crippen LogP contribution is 2.25. The van der Waals surface area contributed by atoms with E-state index in [-0.39, 0.29) is 0 Å². The molecule has 2 heterocycles. The predicted octanol–water partition coefficient (Wildman–Crippen LogP) is 2.07. The fourth-order valence-electron chi connectivity index (χ4n) is 3.79. The largest absolute Gasteiger partial charge is 0.387 e. The standard InChI is InChI=1S/C18H27N3O/c1-19(2)13-18(22)9-6-10-21(14-18)12-16-11-15-7-4-5-8-17(15)20(16)3/h4-5,7-8,11,22H,6,9-10,12-14H2,1-3H3/t18-/m0/s1. The van der Waals surface area contributed by atoms with Crippen LogP contribution in [0.15, 0.2) is 30.3 Å². The van der Waals surface area contributed by atoms with Gasteiger partial charge in [-0.25, -0.2) is 0 Å². The first kappa shape index (κ1) is 15.5. The van der Waals surface area contributed by atoms with Gasteiger partial charge in [-0.1, -0.05) is 18.2 Å². The van der Waals surface area contributed by atoms with Crippen molar-refractivity contribution in [3.05, 3.63) is 36.0 Å². The van der Waals surface area contributed by atoms with Gasteiger partial charge in [-0.2, -0.15) is 0 Å². The average molecular weight is 301 g/mol. The lowest BCUT2D eigenvalue weighted by Crippen LogP contribution is -2.52. The summed E-state index contributed by atoms with van der Waals surface area (Å²) in [6.07, 6.45) is 1.96. The van der Waals surface area contributed by atoms with Crippen LogP contribution in [-0.4, -0.2) is 58.8 Å². The van der Waals surface area contributed by atoms with Crippen LogP contribution in [-0.2, 0) is 13.6 Å². The van der Waals surface area contributed by atoms with Gasteiger partial charge in [0.15, 0.2) is 0 Å². The first-order chi connectivity index (χ1) is 10.5. The normalized spacial score (nSPS) is 23.5. The average Bonchev–Trinajstić information content (AvgIpc) is 2.75. The number of nitrogens with zero attached hydrogens (tertiary/aromatic N) is 3. The second-order valence-electron chi connectivity index (χ2n) is 7.03. The molecule has 4 heteroatoms. The number of fused-ring (bicyclic) bond motifs is 1.